The molecule has 0 aliphatic carbocycles. The average Bonchev–Trinajstić information content (AvgIpc) is 3.37. The summed E-state index contributed by atoms with van der Waals surface area (Å²) in [7, 11) is 0. The molecule has 0 bridgehead atoms. The number of amides is 1. The molecule has 0 radical (unpaired) electrons. The molecule has 1 aliphatic rings. The summed E-state index contributed by atoms with van der Waals surface area (Å²) in [6.07, 6.45) is 0.691. The number of benzene rings is 2. The summed E-state index contributed by atoms with van der Waals surface area (Å²) in [5.41, 5.74) is 0.977. The topological polar surface area (TPSA) is 85.5 Å². The molecule has 1 amide bonds. The molecule has 1 unspecified atom stereocenters. The molecule has 0 N–H and O–H groups in total. The van der Waals surface area contributed by atoms with Gasteiger partial charge in [-0.1, -0.05) is 42.0 Å². The zero-order valence-electron chi connectivity index (χ0n) is 17.3. The summed E-state index contributed by atoms with van der Waals surface area (Å²) in [5.74, 6) is 0.218. The minimum Gasteiger partial charge on any atom is -0.494 e. The standard InChI is InChI=1S/C23H18ClN3O4S/c1-3-17-25-26-23(32-17)27-19(12-6-5-7-14(10-12)30-4-2)18-20(28)15-11-13(24)8-9-16(15)31-21(18)22(27)29/h5-11,19H,3-4H2,1-2H3. The quantitative estimate of drug-likeness (QED) is 0.410. The first-order valence-corrected chi connectivity index (χ1v) is 11.4. The lowest BCUT2D eigenvalue weighted by Gasteiger charge is -2.22. The molecule has 9 heteroatoms. The number of rotatable bonds is 5. The van der Waals surface area contributed by atoms with Crippen LogP contribution in [0.5, 0.6) is 5.75 Å². The fourth-order valence-corrected chi connectivity index (χ4v) is 4.86. The zero-order chi connectivity index (χ0) is 22.4. The molecule has 1 atom stereocenters. The smallest absolute Gasteiger partial charge is 0.297 e. The Morgan fingerprint density at radius 3 is 2.75 bits per heavy atom. The molecule has 0 spiro atoms. The van der Waals surface area contributed by atoms with E-state index in [0.29, 0.717) is 45.5 Å². The largest absolute Gasteiger partial charge is 0.494 e. The Morgan fingerprint density at radius 2 is 2.00 bits per heavy atom. The Morgan fingerprint density at radius 1 is 1.16 bits per heavy atom. The molecule has 4 aromatic rings. The highest BCUT2D eigenvalue weighted by atomic mass is 35.5. The van der Waals surface area contributed by atoms with Crippen LogP contribution >= 0.6 is 22.9 Å². The van der Waals surface area contributed by atoms with Crippen LogP contribution in [0.4, 0.5) is 5.13 Å². The van der Waals surface area contributed by atoms with Crippen molar-refractivity contribution < 1.29 is 13.9 Å². The van der Waals surface area contributed by atoms with Gasteiger partial charge in [0, 0.05) is 5.02 Å². The number of nitrogens with zero attached hydrogens (tertiary/aromatic N) is 3. The SMILES string of the molecule is CCOc1cccc(C2c3c(oc4ccc(Cl)cc4c3=O)C(=O)N2c2nnc(CC)s2)c1. The van der Waals surface area contributed by atoms with Gasteiger partial charge in [-0.3, -0.25) is 14.5 Å². The van der Waals surface area contributed by atoms with E-state index in [9.17, 15) is 9.59 Å². The fourth-order valence-electron chi connectivity index (χ4n) is 3.88. The maximum Gasteiger partial charge on any atom is 0.297 e. The Labute approximate surface area is 192 Å². The van der Waals surface area contributed by atoms with Crippen molar-refractivity contribution in [2.75, 3.05) is 11.5 Å². The van der Waals surface area contributed by atoms with Gasteiger partial charge in [-0.05, 0) is 49.2 Å². The zero-order valence-corrected chi connectivity index (χ0v) is 18.9. The average molecular weight is 468 g/mol. The first-order chi connectivity index (χ1) is 15.5. The van der Waals surface area contributed by atoms with Crippen LogP contribution in [0.15, 0.2) is 51.7 Å². The second-order valence-corrected chi connectivity index (χ2v) is 8.71. The van der Waals surface area contributed by atoms with Gasteiger partial charge in [-0.25, -0.2) is 0 Å². The van der Waals surface area contributed by atoms with Crippen molar-refractivity contribution >= 4 is 44.9 Å². The molecule has 2 aromatic carbocycles. The number of carbonyl (C=O) groups is 1. The lowest BCUT2D eigenvalue weighted by atomic mass is 9.98. The van der Waals surface area contributed by atoms with E-state index in [0.717, 1.165) is 5.01 Å². The van der Waals surface area contributed by atoms with E-state index in [4.69, 9.17) is 20.8 Å². The van der Waals surface area contributed by atoms with Gasteiger partial charge in [0.15, 0.2) is 5.43 Å². The molecule has 162 valence electrons. The van der Waals surface area contributed by atoms with Crippen molar-refractivity contribution in [3.63, 3.8) is 0 Å². The molecule has 5 rings (SSSR count). The minimum atomic E-state index is -0.727. The van der Waals surface area contributed by atoms with E-state index < -0.39 is 11.9 Å². The molecule has 0 saturated carbocycles. The van der Waals surface area contributed by atoms with Crippen molar-refractivity contribution in [1.29, 1.82) is 0 Å². The second-order valence-electron chi connectivity index (χ2n) is 7.23. The number of aromatic nitrogens is 2. The predicted molar refractivity (Wildman–Crippen MR) is 123 cm³/mol. The monoisotopic (exact) mass is 467 g/mol. The summed E-state index contributed by atoms with van der Waals surface area (Å²) in [4.78, 5) is 28.6. The van der Waals surface area contributed by atoms with E-state index in [1.807, 2.05) is 38.1 Å². The summed E-state index contributed by atoms with van der Waals surface area (Å²) in [5, 5.41) is 10.3. The number of halogens is 1. The summed E-state index contributed by atoms with van der Waals surface area (Å²) in [6, 6.07) is 11.4. The van der Waals surface area contributed by atoms with Gasteiger partial charge in [0.1, 0.15) is 16.3 Å². The highest BCUT2D eigenvalue weighted by Gasteiger charge is 2.45. The molecular formula is C23H18ClN3O4S. The molecule has 32 heavy (non-hydrogen) atoms. The van der Waals surface area contributed by atoms with E-state index in [1.165, 1.54) is 16.2 Å². The van der Waals surface area contributed by atoms with Gasteiger partial charge < -0.3 is 9.15 Å². The van der Waals surface area contributed by atoms with Gasteiger partial charge in [0.2, 0.25) is 10.9 Å². The molecule has 3 heterocycles. The normalized spacial score (nSPS) is 15.4. The number of hydrogen-bond acceptors (Lipinski definition) is 7. The molecule has 0 saturated heterocycles. The number of aryl methyl sites for hydroxylation is 1. The van der Waals surface area contributed by atoms with Crippen LogP contribution in [-0.2, 0) is 6.42 Å². The van der Waals surface area contributed by atoms with E-state index in [1.54, 1.807) is 18.2 Å². The Bertz CT molecular complexity index is 1410. The molecule has 1 aliphatic heterocycles. The molecule has 0 fully saturated rings. The maximum atomic E-state index is 13.6. The third-order valence-corrected chi connectivity index (χ3v) is 6.58. The number of anilines is 1. The van der Waals surface area contributed by atoms with E-state index in [2.05, 4.69) is 10.2 Å². The van der Waals surface area contributed by atoms with Crippen molar-refractivity contribution in [3.8, 4) is 5.75 Å². The molecular weight excluding hydrogens is 450 g/mol. The Kier molecular flexibility index (Phi) is 5.19. The Hall–Kier alpha value is -3.23. The number of ether oxygens (including phenoxy) is 1. The summed E-state index contributed by atoms with van der Waals surface area (Å²) in [6.45, 7) is 4.36. The van der Waals surface area contributed by atoms with Crippen molar-refractivity contribution in [2.24, 2.45) is 0 Å². The van der Waals surface area contributed by atoms with E-state index >= 15 is 0 Å². The van der Waals surface area contributed by atoms with Crippen molar-refractivity contribution in [1.82, 2.24) is 10.2 Å². The van der Waals surface area contributed by atoms with Crippen LogP contribution in [0.2, 0.25) is 5.02 Å². The third kappa shape index (κ3) is 3.27. The first kappa shape index (κ1) is 20.7. The van der Waals surface area contributed by atoms with Crippen LogP contribution < -0.4 is 15.1 Å². The van der Waals surface area contributed by atoms with Gasteiger partial charge in [-0.15, -0.1) is 10.2 Å². The fraction of sp³-hybridized carbons (Fsp3) is 0.217. The number of fused-ring (bicyclic) bond motifs is 2. The molecule has 2 aromatic heterocycles. The van der Waals surface area contributed by atoms with Crippen molar-refractivity contribution in [2.45, 2.75) is 26.3 Å². The van der Waals surface area contributed by atoms with Crippen LogP contribution in [0.1, 0.15) is 46.6 Å². The number of hydrogen-bond donors (Lipinski definition) is 0. The lowest BCUT2D eigenvalue weighted by Crippen LogP contribution is -2.29. The van der Waals surface area contributed by atoms with Gasteiger partial charge >= 0.3 is 0 Å². The highest BCUT2D eigenvalue weighted by Crippen LogP contribution is 2.42. The van der Waals surface area contributed by atoms with Crippen LogP contribution in [0.25, 0.3) is 11.0 Å². The van der Waals surface area contributed by atoms with Gasteiger partial charge in [0.25, 0.3) is 5.91 Å². The maximum absolute atomic E-state index is 13.6. The first-order valence-electron chi connectivity index (χ1n) is 10.2. The van der Waals surface area contributed by atoms with Gasteiger partial charge in [-0.2, -0.15) is 0 Å². The highest BCUT2D eigenvalue weighted by molar-refractivity contribution is 7.15. The van der Waals surface area contributed by atoms with Crippen LogP contribution in [0, 0.1) is 0 Å². The van der Waals surface area contributed by atoms with Crippen molar-refractivity contribution in [3.05, 3.63) is 79.6 Å². The third-order valence-electron chi connectivity index (χ3n) is 5.28. The van der Waals surface area contributed by atoms with Crippen LogP contribution in [-0.4, -0.2) is 22.7 Å². The minimum absolute atomic E-state index is 0.00452. The van der Waals surface area contributed by atoms with Crippen LogP contribution in [0.3, 0.4) is 0 Å². The second kappa shape index (κ2) is 8.03. The lowest BCUT2D eigenvalue weighted by molar-refractivity contribution is 0.0970. The summed E-state index contributed by atoms with van der Waals surface area (Å²) >= 11 is 7.45. The summed E-state index contributed by atoms with van der Waals surface area (Å²) < 4.78 is 11.6. The Balaban J connectivity index is 1.78. The van der Waals surface area contributed by atoms with Gasteiger partial charge in [0.05, 0.1) is 23.6 Å². The molecule has 7 nitrogen and oxygen atoms in total. The predicted octanol–water partition coefficient (Wildman–Crippen LogP) is 5.01. The number of carbonyl (C=O) groups excluding carboxylic acids is 1. The van der Waals surface area contributed by atoms with E-state index in [-0.39, 0.29) is 16.8 Å².